The van der Waals surface area contributed by atoms with Crippen molar-refractivity contribution in [2.24, 2.45) is 5.84 Å². The van der Waals surface area contributed by atoms with Gasteiger partial charge >= 0.3 is 0 Å². The van der Waals surface area contributed by atoms with Crippen LogP contribution in [0.15, 0.2) is 24.3 Å². The Morgan fingerprint density at radius 3 is 2.75 bits per heavy atom. The largest absolute Gasteiger partial charge is 0.233 e. The highest BCUT2D eigenvalue weighted by Gasteiger charge is 2.11. The molecular weight excluding hydrogens is 165 g/mol. The first-order chi connectivity index (χ1) is 5.61. The maximum absolute atomic E-state index is 12.5. The molecule has 0 aliphatic heterocycles. The van der Waals surface area contributed by atoms with Gasteiger partial charge in [-0.25, -0.2) is 14.5 Å². The second-order valence-electron chi connectivity index (χ2n) is 2.06. The number of nitrogens with zero attached hydrogens (tertiary/aromatic N) is 2. The van der Waals surface area contributed by atoms with E-state index in [1.165, 1.54) is 18.2 Å². The molecule has 0 saturated carbocycles. The number of benzene rings is 1. The lowest BCUT2D eigenvalue weighted by Crippen LogP contribution is -2.36. The van der Waals surface area contributed by atoms with Crippen LogP contribution in [0.5, 0.6) is 0 Å². The lowest BCUT2D eigenvalue weighted by atomic mass is 10.3. The standard InChI is InChI=1S/C6H6FN3O2/c7-5-2-1-3-6(4-5)9(8)10(11)12/h1-4H,8H2. The van der Waals surface area contributed by atoms with E-state index in [4.69, 9.17) is 5.84 Å². The maximum Gasteiger partial charge on any atom is 0.181 e. The van der Waals surface area contributed by atoms with Gasteiger partial charge in [0, 0.05) is 6.07 Å². The van der Waals surface area contributed by atoms with Crippen LogP contribution in [0.1, 0.15) is 0 Å². The van der Waals surface area contributed by atoms with Crippen molar-refractivity contribution in [2.45, 2.75) is 0 Å². The number of halogens is 1. The Labute approximate surface area is 67.3 Å². The van der Waals surface area contributed by atoms with Crippen LogP contribution in [0.2, 0.25) is 0 Å². The molecular formula is C6H6FN3O2. The average molecular weight is 171 g/mol. The number of hydrazine groups is 2. The van der Waals surface area contributed by atoms with Gasteiger partial charge in [-0.05, 0) is 17.3 Å². The predicted molar refractivity (Wildman–Crippen MR) is 40.1 cm³/mol. The fraction of sp³-hybridized carbons (Fsp3) is 0. The SMILES string of the molecule is NN(c1cccc(F)c1)[N+](=O)[O-]. The third-order valence-electron chi connectivity index (χ3n) is 1.25. The summed E-state index contributed by atoms with van der Waals surface area (Å²) >= 11 is 0. The van der Waals surface area contributed by atoms with Crippen LogP contribution in [0.4, 0.5) is 10.1 Å². The van der Waals surface area contributed by atoms with Crippen molar-refractivity contribution >= 4 is 5.69 Å². The van der Waals surface area contributed by atoms with Gasteiger partial charge in [0.2, 0.25) is 0 Å². The van der Waals surface area contributed by atoms with E-state index in [0.29, 0.717) is 0 Å². The summed E-state index contributed by atoms with van der Waals surface area (Å²) < 4.78 is 12.5. The van der Waals surface area contributed by atoms with Gasteiger partial charge in [-0.3, -0.25) is 0 Å². The molecule has 1 rings (SSSR count). The summed E-state index contributed by atoms with van der Waals surface area (Å²) in [6.45, 7) is 0. The van der Waals surface area contributed by atoms with Gasteiger partial charge in [-0.1, -0.05) is 6.07 Å². The molecule has 0 bridgehead atoms. The summed E-state index contributed by atoms with van der Waals surface area (Å²) in [6.07, 6.45) is 0. The minimum Gasteiger partial charge on any atom is -0.233 e. The monoisotopic (exact) mass is 171 g/mol. The topological polar surface area (TPSA) is 72.4 Å². The first kappa shape index (κ1) is 8.41. The first-order valence-electron chi connectivity index (χ1n) is 3.06. The van der Waals surface area contributed by atoms with Gasteiger partial charge in [0.05, 0.1) is 0 Å². The number of nitrogens with two attached hydrogens (primary N) is 1. The molecule has 0 aliphatic rings. The van der Waals surface area contributed by atoms with Crippen molar-refractivity contribution in [1.82, 2.24) is 0 Å². The van der Waals surface area contributed by atoms with E-state index in [2.05, 4.69) is 0 Å². The van der Waals surface area contributed by atoms with Gasteiger partial charge in [-0.15, -0.1) is 0 Å². The van der Waals surface area contributed by atoms with Crippen molar-refractivity contribution in [3.63, 3.8) is 0 Å². The molecule has 0 unspecified atom stereocenters. The Kier molecular flexibility index (Phi) is 2.20. The highest BCUT2D eigenvalue weighted by molar-refractivity contribution is 5.41. The number of hydrogen-bond donors (Lipinski definition) is 1. The Hall–Kier alpha value is -1.69. The number of rotatable bonds is 2. The summed E-state index contributed by atoms with van der Waals surface area (Å²) in [5.74, 6) is 4.41. The van der Waals surface area contributed by atoms with Crippen LogP contribution >= 0.6 is 0 Å². The van der Waals surface area contributed by atoms with E-state index in [9.17, 15) is 14.5 Å². The van der Waals surface area contributed by atoms with Crippen molar-refractivity contribution in [3.05, 3.63) is 40.2 Å². The molecule has 0 saturated heterocycles. The quantitative estimate of drug-likeness (QED) is 0.403. The molecule has 2 N–H and O–H groups in total. The zero-order chi connectivity index (χ0) is 9.14. The molecule has 6 heteroatoms. The Morgan fingerprint density at radius 1 is 1.58 bits per heavy atom. The summed E-state index contributed by atoms with van der Waals surface area (Å²) in [4.78, 5) is 10.1. The van der Waals surface area contributed by atoms with Crippen molar-refractivity contribution < 1.29 is 9.42 Å². The zero-order valence-electron chi connectivity index (χ0n) is 5.98. The lowest BCUT2D eigenvalue weighted by Gasteiger charge is -2.05. The van der Waals surface area contributed by atoms with Gasteiger partial charge in [0.25, 0.3) is 0 Å². The summed E-state index contributed by atoms with van der Waals surface area (Å²) in [5, 5.41) is 9.51. The van der Waals surface area contributed by atoms with Crippen LogP contribution in [-0.4, -0.2) is 5.03 Å². The molecule has 0 fully saturated rings. The number of nitro groups is 1. The molecule has 0 spiro atoms. The van der Waals surface area contributed by atoms with Gasteiger partial charge in [0.1, 0.15) is 11.5 Å². The van der Waals surface area contributed by atoms with Crippen LogP contribution < -0.4 is 11.0 Å². The lowest BCUT2D eigenvalue weighted by molar-refractivity contribution is -0.496. The minimum atomic E-state index is -0.839. The molecule has 1 aromatic carbocycles. The Balaban J connectivity index is 2.95. The van der Waals surface area contributed by atoms with Gasteiger partial charge < -0.3 is 0 Å². The van der Waals surface area contributed by atoms with Crippen LogP contribution in [0.3, 0.4) is 0 Å². The van der Waals surface area contributed by atoms with E-state index < -0.39 is 10.8 Å². The zero-order valence-corrected chi connectivity index (χ0v) is 5.98. The molecule has 5 nitrogen and oxygen atoms in total. The van der Waals surface area contributed by atoms with Crippen molar-refractivity contribution in [1.29, 1.82) is 0 Å². The summed E-state index contributed by atoms with van der Waals surface area (Å²) in [6, 6.07) is 4.83. The van der Waals surface area contributed by atoms with E-state index in [1.54, 1.807) is 0 Å². The fourth-order valence-electron chi connectivity index (χ4n) is 0.713. The van der Waals surface area contributed by atoms with Crippen LogP contribution in [0.25, 0.3) is 0 Å². The normalized spacial score (nSPS) is 9.50. The first-order valence-corrected chi connectivity index (χ1v) is 3.06. The van der Waals surface area contributed by atoms with Crippen LogP contribution in [-0.2, 0) is 0 Å². The summed E-state index contributed by atoms with van der Waals surface area (Å²) in [5.41, 5.74) is 0.000000000000000444. The number of hydrogen-bond acceptors (Lipinski definition) is 3. The molecule has 0 aliphatic carbocycles. The van der Waals surface area contributed by atoms with E-state index in [0.717, 1.165) is 6.07 Å². The second kappa shape index (κ2) is 3.14. The molecule has 1 aromatic rings. The average Bonchev–Trinajstić information content (AvgIpc) is 2.03. The van der Waals surface area contributed by atoms with Gasteiger partial charge in [0.15, 0.2) is 5.03 Å². The second-order valence-corrected chi connectivity index (χ2v) is 2.06. The smallest absolute Gasteiger partial charge is 0.181 e. The molecule has 0 amide bonds. The molecule has 12 heavy (non-hydrogen) atoms. The number of anilines is 1. The summed E-state index contributed by atoms with van der Waals surface area (Å²) in [7, 11) is 0. The van der Waals surface area contributed by atoms with Crippen molar-refractivity contribution in [2.75, 3.05) is 5.12 Å². The third-order valence-corrected chi connectivity index (χ3v) is 1.25. The molecule has 0 heterocycles. The molecule has 0 atom stereocenters. The van der Waals surface area contributed by atoms with E-state index in [1.807, 2.05) is 0 Å². The highest BCUT2D eigenvalue weighted by atomic mass is 19.1. The highest BCUT2D eigenvalue weighted by Crippen LogP contribution is 2.11. The maximum atomic E-state index is 12.5. The minimum absolute atomic E-state index is 0.000000000000000444. The van der Waals surface area contributed by atoms with Crippen molar-refractivity contribution in [3.8, 4) is 0 Å². The fourth-order valence-corrected chi connectivity index (χ4v) is 0.713. The van der Waals surface area contributed by atoms with E-state index >= 15 is 0 Å². The molecule has 0 radical (unpaired) electrons. The van der Waals surface area contributed by atoms with E-state index in [-0.39, 0.29) is 10.8 Å². The predicted octanol–water partition coefficient (Wildman–Crippen LogP) is 0.698. The van der Waals surface area contributed by atoms with Crippen LogP contribution in [0, 0.1) is 15.9 Å². The Morgan fingerprint density at radius 2 is 2.25 bits per heavy atom. The third kappa shape index (κ3) is 1.67. The van der Waals surface area contributed by atoms with Gasteiger partial charge in [-0.2, -0.15) is 5.84 Å². The molecule has 0 aromatic heterocycles. The Bertz CT molecular complexity index is 305. The molecule has 64 valence electrons.